The summed E-state index contributed by atoms with van der Waals surface area (Å²) in [6.45, 7) is 4.93. The maximum atomic E-state index is 15.0. The van der Waals surface area contributed by atoms with Gasteiger partial charge in [0, 0.05) is 34.3 Å². The molecule has 5 rings (SSSR count). The Bertz CT molecular complexity index is 2110. The first-order valence-electron chi connectivity index (χ1n) is 15.0. The van der Waals surface area contributed by atoms with Crippen molar-refractivity contribution >= 4 is 29.2 Å². The lowest BCUT2D eigenvalue weighted by molar-refractivity contribution is -0.141. The molecule has 1 amide bonds. The van der Waals surface area contributed by atoms with Gasteiger partial charge in [-0.1, -0.05) is 47.1 Å². The Morgan fingerprint density at radius 3 is 2.30 bits per heavy atom. The molecule has 260 valence electrons. The number of nitrogens with zero attached hydrogens (tertiary/aromatic N) is 4. The number of anilines is 1. The van der Waals surface area contributed by atoms with Crippen molar-refractivity contribution in [1.29, 1.82) is 0 Å². The second-order valence-electron chi connectivity index (χ2n) is 12.1. The molecule has 50 heavy (non-hydrogen) atoms. The Morgan fingerprint density at radius 2 is 1.68 bits per heavy atom. The SMILES string of the molecule is COc1cn(C(Cc2ccccc2)C(=O)Nc2ccc(C(=O)OC(C)(C)C)c(F)c2)c(=O)cc1-c1cc(Cl)ccc1-n1cc(C(F)(F)F)nn1. The van der Waals surface area contributed by atoms with E-state index in [9.17, 15) is 27.6 Å². The van der Waals surface area contributed by atoms with E-state index >= 15 is 4.39 Å². The number of esters is 1. The maximum Gasteiger partial charge on any atom is 0.436 e. The average molecular weight is 712 g/mol. The van der Waals surface area contributed by atoms with Crippen LogP contribution in [-0.4, -0.2) is 44.1 Å². The van der Waals surface area contributed by atoms with E-state index in [1.165, 1.54) is 43.6 Å². The normalized spacial score (nSPS) is 12.3. The summed E-state index contributed by atoms with van der Waals surface area (Å²) >= 11 is 6.27. The van der Waals surface area contributed by atoms with E-state index in [0.717, 1.165) is 21.4 Å². The molecule has 0 spiro atoms. The van der Waals surface area contributed by atoms with Crippen LogP contribution in [0.2, 0.25) is 5.02 Å². The third kappa shape index (κ3) is 8.20. The summed E-state index contributed by atoms with van der Waals surface area (Å²) in [5.41, 5.74) is -1.91. The largest absolute Gasteiger partial charge is 0.495 e. The summed E-state index contributed by atoms with van der Waals surface area (Å²) < 4.78 is 67.8. The summed E-state index contributed by atoms with van der Waals surface area (Å²) in [7, 11) is 1.32. The van der Waals surface area contributed by atoms with E-state index in [1.54, 1.807) is 51.1 Å². The van der Waals surface area contributed by atoms with E-state index in [2.05, 4.69) is 15.6 Å². The molecule has 2 heterocycles. The molecule has 15 heteroatoms. The zero-order valence-corrected chi connectivity index (χ0v) is 27.8. The number of nitrogens with one attached hydrogen (secondary N) is 1. The van der Waals surface area contributed by atoms with E-state index < -0.39 is 46.8 Å². The molecular formula is C35H30ClF4N5O5. The lowest BCUT2D eigenvalue weighted by Gasteiger charge is -2.22. The van der Waals surface area contributed by atoms with E-state index in [1.807, 2.05) is 0 Å². The number of carbonyl (C=O) groups excluding carboxylic acids is 2. The van der Waals surface area contributed by atoms with Crippen molar-refractivity contribution in [2.45, 2.75) is 45.0 Å². The number of amides is 1. The number of alkyl halides is 3. The highest BCUT2D eigenvalue weighted by Gasteiger charge is 2.35. The van der Waals surface area contributed by atoms with Crippen molar-refractivity contribution in [1.82, 2.24) is 19.6 Å². The van der Waals surface area contributed by atoms with Crippen LogP contribution in [0.3, 0.4) is 0 Å². The van der Waals surface area contributed by atoms with Crippen LogP contribution in [0, 0.1) is 5.82 Å². The molecule has 1 N–H and O–H groups in total. The summed E-state index contributed by atoms with van der Waals surface area (Å²) in [4.78, 5) is 40.1. The van der Waals surface area contributed by atoms with Gasteiger partial charge in [0.15, 0.2) is 5.69 Å². The van der Waals surface area contributed by atoms with Crippen LogP contribution < -0.4 is 15.6 Å². The molecule has 0 radical (unpaired) electrons. The van der Waals surface area contributed by atoms with Gasteiger partial charge in [0.05, 0.1) is 30.8 Å². The van der Waals surface area contributed by atoms with Crippen LogP contribution in [0.5, 0.6) is 5.75 Å². The minimum absolute atomic E-state index is 0.0177. The van der Waals surface area contributed by atoms with Crippen LogP contribution in [0.15, 0.2) is 90.0 Å². The van der Waals surface area contributed by atoms with Crippen LogP contribution >= 0.6 is 11.6 Å². The van der Waals surface area contributed by atoms with Gasteiger partial charge in [-0.15, -0.1) is 5.10 Å². The predicted octanol–water partition coefficient (Wildman–Crippen LogP) is 7.29. The first-order chi connectivity index (χ1) is 23.5. The molecule has 0 bridgehead atoms. The van der Waals surface area contributed by atoms with E-state index in [-0.39, 0.29) is 45.3 Å². The van der Waals surface area contributed by atoms with Gasteiger partial charge >= 0.3 is 12.1 Å². The second-order valence-corrected chi connectivity index (χ2v) is 12.5. The molecule has 0 aliphatic rings. The highest BCUT2D eigenvalue weighted by molar-refractivity contribution is 6.31. The molecule has 0 saturated heterocycles. The third-order valence-electron chi connectivity index (χ3n) is 7.31. The van der Waals surface area contributed by atoms with E-state index in [4.69, 9.17) is 21.1 Å². The highest BCUT2D eigenvalue weighted by Crippen LogP contribution is 2.36. The van der Waals surface area contributed by atoms with Crippen LogP contribution in [0.1, 0.15) is 48.4 Å². The van der Waals surface area contributed by atoms with Crippen molar-refractivity contribution in [3.05, 3.63) is 123 Å². The van der Waals surface area contributed by atoms with Crippen LogP contribution in [0.25, 0.3) is 16.8 Å². The molecule has 2 aromatic heterocycles. The van der Waals surface area contributed by atoms with Gasteiger partial charge in [-0.05, 0) is 62.7 Å². The molecule has 0 aliphatic carbocycles. The average Bonchev–Trinajstić information content (AvgIpc) is 3.54. The Kier molecular flexibility index (Phi) is 10.1. The summed E-state index contributed by atoms with van der Waals surface area (Å²) in [6.07, 6.45) is -2.73. The zero-order valence-electron chi connectivity index (χ0n) is 27.1. The quantitative estimate of drug-likeness (QED) is 0.126. The van der Waals surface area contributed by atoms with Gasteiger partial charge in [-0.25, -0.2) is 13.9 Å². The van der Waals surface area contributed by atoms with Crippen molar-refractivity contribution < 1.29 is 36.6 Å². The predicted molar refractivity (Wildman–Crippen MR) is 177 cm³/mol. The fourth-order valence-corrected chi connectivity index (χ4v) is 5.22. The van der Waals surface area contributed by atoms with Gasteiger partial charge < -0.3 is 14.8 Å². The molecular weight excluding hydrogens is 682 g/mol. The Balaban J connectivity index is 1.55. The number of halogens is 5. The second kappa shape index (κ2) is 14.2. The number of carbonyl (C=O) groups is 2. The van der Waals surface area contributed by atoms with Gasteiger partial charge in [0.25, 0.3) is 5.56 Å². The number of aromatic nitrogens is 4. The lowest BCUT2D eigenvalue weighted by Crippen LogP contribution is -2.34. The highest BCUT2D eigenvalue weighted by atomic mass is 35.5. The van der Waals surface area contributed by atoms with Gasteiger partial charge in [-0.2, -0.15) is 13.2 Å². The molecule has 10 nitrogen and oxygen atoms in total. The molecule has 0 fully saturated rings. The molecule has 5 aromatic rings. The number of pyridine rings is 1. The standard InChI is InChI=1S/C35H30ClF4N5O5/c1-34(2,3)50-33(48)23-12-11-22(16-26(23)37)41-32(47)28(14-20-8-6-5-7-9-20)44-18-29(49-4)25(17-31(44)46)24-15-21(36)10-13-27(24)45-19-30(42-43-45)35(38,39)40/h5-13,15-19,28H,14H2,1-4H3,(H,41,47). The summed E-state index contributed by atoms with van der Waals surface area (Å²) in [5.74, 6) is -2.42. The van der Waals surface area contributed by atoms with Crippen molar-refractivity contribution in [3.63, 3.8) is 0 Å². The fourth-order valence-electron chi connectivity index (χ4n) is 5.05. The fraction of sp³-hybridized carbons (Fsp3) is 0.229. The van der Waals surface area contributed by atoms with Crippen molar-refractivity contribution in [3.8, 4) is 22.6 Å². The molecule has 1 unspecified atom stereocenters. The van der Waals surface area contributed by atoms with Crippen LogP contribution in [0.4, 0.5) is 23.2 Å². The molecule has 0 saturated carbocycles. The van der Waals surface area contributed by atoms with Gasteiger partial charge in [-0.3, -0.25) is 14.2 Å². The number of rotatable bonds is 9. The number of methoxy groups -OCH3 is 1. The smallest absolute Gasteiger partial charge is 0.436 e. The van der Waals surface area contributed by atoms with Gasteiger partial charge in [0.2, 0.25) is 5.91 Å². The number of ether oxygens (including phenoxy) is 2. The number of hydrogen-bond donors (Lipinski definition) is 1. The Labute approximate surface area is 288 Å². The minimum Gasteiger partial charge on any atom is -0.495 e. The number of hydrogen-bond acceptors (Lipinski definition) is 7. The van der Waals surface area contributed by atoms with Crippen molar-refractivity contribution in [2.75, 3.05) is 12.4 Å². The maximum absolute atomic E-state index is 15.0. The first-order valence-corrected chi connectivity index (χ1v) is 15.4. The van der Waals surface area contributed by atoms with Gasteiger partial charge in [0.1, 0.15) is 23.2 Å². The summed E-state index contributed by atoms with van der Waals surface area (Å²) in [6, 6.07) is 16.6. The number of benzene rings is 3. The monoisotopic (exact) mass is 711 g/mol. The third-order valence-corrected chi connectivity index (χ3v) is 7.54. The lowest BCUT2D eigenvalue weighted by atomic mass is 10.0. The molecule has 0 aliphatic heterocycles. The topological polar surface area (TPSA) is 117 Å². The summed E-state index contributed by atoms with van der Waals surface area (Å²) in [5, 5.41) is 9.65. The van der Waals surface area contributed by atoms with Crippen molar-refractivity contribution in [2.24, 2.45) is 0 Å². The first kappa shape index (κ1) is 35.8. The molecule has 1 atom stereocenters. The minimum atomic E-state index is -4.75. The Morgan fingerprint density at radius 1 is 0.960 bits per heavy atom. The van der Waals surface area contributed by atoms with Crippen LogP contribution in [-0.2, 0) is 22.1 Å². The van der Waals surface area contributed by atoms with E-state index in [0.29, 0.717) is 11.8 Å². The molecule has 3 aromatic carbocycles. The Hall–Kier alpha value is -5.50. The zero-order chi connectivity index (χ0) is 36.4.